The van der Waals surface area contributed by atoms with Crippen LogP contribution in [0.1, 0.15) is 0 Å². The van der Waals surface area contributed by atoms with Crippen LogP contribution >= 0.6 is 0 Å². The Kier molecular flexibility index (Phi) is 1.63. The van der Waals surface area contributed by atoms with Crippen LogP contribution in [0.2, 0.25) is 0 Å². The lowest BCUT2D eigenvalue weighted by molar-refractivity contribution is -0.0591. The Bertz CT molecular complexity index is 169. The zero-order chi connectivity index (χ0) is 7.97. The number of fused-ring (bicyclic) bond motifs is 1. The second-order valence-corrected chi connectivity index (χ2v) is 4.32. The van der Waals surface area contributed by atoms with E-state index in [1.807, 2.05) is 0 Å². The van der Waals surface area contributed by atoms with Gasteiger partial charge in [0, 0.05) is 13.1 Å². The fourth-order valence-electron chi connectivity index (χ4n) is 2.62. The standard InChI is InChI=1S/C9H16N2O/c1-7-3-11(9-5-12-6-9)4-8(7)2-10-1/h7-10H,1-6H2/t7-,8+. The van der Waals surface area contributed by atoms with Crippen LogP contribution in [0.3, 0.4) is 0 Å². The van der Waals surface area contributed by atoms with E-state index in [0.29, 0.717) is 0 Å². The first-order chi connectivity index (χ1) is 5.93. The predicted octanol–water partition coefficient (Wildman–Crippen LogP) is -0.464. The first kappa shape index (κ1) is 7.30. The summed E-state index contributed by atoms with van der Waals surface area (Å²) in [7, 11) is 0. The monoisotopic (exact) mass is 168 g/mol. The molecule has 3 nitrogen and oxygen atoms in total. The molecule has 68 valence electrons. The Morgan fingerprint density at radius 3 is 2.25 bits per heavy atom. The zero-order valence-corrected chi connectivity index (χ0v) is 7.33. The van der Waals surface area contributed by atoms with Gasteiger partial charge in [-0.3, -0.25) is 4.90 Å². The van der Waals surface area contributed by atoms with Gasteiger partial charge in [-0.25, -0.2) is 0 Å². The first-order valence-electron chi connectivity index (χ1n) is 4.96. The summed E-state index contributed by atoms with van der Waals surface area (Å²) in [5.41, 5.74) is 0. The number of hydrogen-bond acceptors (Lipinski definition) is 3. The van der Waals surface area contributed by atoms with Crippen LogP contribution in [0.4, 0.5) is 0 Å². The SMILES string of the molecule is C1OCC1N1C[C@H]2CNC[C@H]2C1. The number of likely N-dealkylation sites (tertiary alicyclic amines) is 1. The van der Waals surface area contributed by atoms with Gasteiger partial charge in [-0.15, -0.1) is 0 Å². The molecule has 0 bridgehead atoms. The lowest BCUT2D eigenvalue weighted by Gasteiger charge is -2.34. The van der Waals surface area contributed by atoms with E-state index in [4.69, 9.17) is 4.74 Å². The number of hydrogen-bond donors (Lipinski definition) is 1. The first-order valence-corrected chi connectivity index (χ1v) is 4.96. The van der Waals surface area contributed by atoms with E-state index >= 15 is 0 Å². The van der Waals surface area contributed by atoms with Crippen molar-refractivity contribution in [2.45, 2.75) is 6.04 Å². The molecule has 3 aliphatic heterocycles. The average Bonchev–Trinajstić information content (AvgIpc) is 2.40. The highest BCUT2D eigenvalue weighted by molar-refractivity contribution is 4.94. The van der Waals surface area contributed by atoms with E-state index in [0.717, 1.165) is 31.1 Å². The minimum absolute atomic E-state index is 0.760. The predicted molar refractivity (Wildman–Crippen MR) is 46.0 cm³/mol. The normalized spacial score (nSPS) is 43.0. The maximum atomic E-state index is 5.21. The van der Waals surface area contributed by atoms with Crippen molar-refractivity contribution in [3.63, 3.8) is 0 Å². The molecule has 1 N–H and O–H groups in total. The smallest absolute Gasteiger partial charge is 0.0645 e. The molecule has 3 heterocycles. The van der Waals surface area contributed by atoms with Gasteiger partial charge in [-0.2, -0.15) is 0 Å². The third kappa shape index (κ3) is 1.00. The molecule has 0 radical (unpaired) electrons. The molecule has 0 aliphatic carbocycles. The largest absolute Gasteiger partial charge is 0.378 e. The van der Waals surface area contributed by atoms with Crippen LogP contribution < -0.4 is 5.32 Å². The highest BCUT2D eigenvalue weighted by Crippen LogP contribution is 2.29. The number of nitrogens with one attached hydrogen (secondary N) is 1. The molecule has 3 fully saturated rings. The van der Waals surface area contributed by atoms with E-state index in [-0.39, 0.29) is 0 Å². The van der Waals surface area contributed by atoms with Crippen LogP contribution in [0, 0.1) is 11.8 Å². The maximum Gasteiger partial charge on any atom is 0.0645 e. The van der Waals surface area contributed by atoms with E-state index in [1.54, 1.807) is 0 Å². The molecular weight excluding hydrogens is 152 g/mol. The van der Waals surface area contributed by atoms with Gasteiger partial charge in [0.1, 0.15) is 0 Å². The average molecular weight is 168 g/mol. The van der Waals surface area contributed by atoms with E-state index in [2.05, 4.69) is 10.2 Å². The van der Waals surface area contributed by atoms with E-state index in [1.165, 1.54) is 26.2 Å². The number of rotatable bonds is 1. The van der Waals surface area contributed by atoms with E-state index < -0.39 is 0 Å². The Hall–Kier alpha value is -0.120. The number of ether oxygens (including phenoxy) is 1. The summed E-state index contributed by atoms with van der Waals surface area (Å²) in [5.74, 6) is 1.87. The molecule has 0 unspecified atom stereocenters. The van der Waals surface area contributed by atoms with Crippen molar-refractivity contribution in [3.8, 4) is 0 Å². The van der Waals surface area contributed by atoms with E-state index in [9.17, 15) is 0 Å². The molecule has 0 aromatic carbocycles. The summed E-state index contributed by atoms with van der Waals surface area (Å²) in [6.07, 6.45) is 0. The van der Waals surface area contributed by atoms with Gasteiger partial charge in [-0.1, -0.05) is 0 Å². The van der Waals surface area contributed by atoms with Gasteiger partial charge in [-0.05, 0) is 24.9 Å². The van der Waals surface area contributed by atoms with Crippen LogP contribution in [0.5, 0.6) is 0 Å². The molecule has 0 aromatic heterocycles. The molecule has 3 heteroatoms. The van der Waals surface area contributed by atoms with Gasteiger partial charge >= 0.3 is 0 Å². The van der Waals surface area contributed by atoms with Gasteiger partial charge in [0.15, 0.2) is 0 Å². The fourth-order valence-corrected chi connectivity index (χ4v) is 2.62. The molecule has 2 atom stereocenters. The summed E-state index contributed by atoms with van der Waals surface area (Å²) in [6, 6.07) is 0.760. The molecule has 0 saturated carbocycles. The van der Waals surface area contributed by atoms with Crippen molar-refractivity contribution in [1.29, 1.82) is 0 Å². The third-order valence-electron chi connectivity index (χ3n) is 3.55. The molecule has 3 saturated heterocycles. The molecule has 3 rings (SSSR count). The van der Waals surface area contributed by atoms with Crippen LogP contribution in [0.25, 0.3) is 0 Å². The van der Waals surface area contributed by atoms with Crippen LogP contribution in [-0.4, -0.2) is 50.3 Å². The van der Waals surface area contributed by atoms with Gasteiger partial charge in [0.25, 0.3) is 0 Å². The zero-order valence-electron chi connectivity index (χ0n) is 7.33. The quantitative estimate of drug-likeness (QED) is 0.573. The Labute approximate surface area is 73.1 Å². The minimum Gasteiger partial charge on any atom is -0.378 e. The van der Waals surface area contributed by atoms with Crippen molar-refractivity contribution < 1.29 is 4.74 Å². The summed E-state index contributed by atoms with van der Waals surface area (Å²) >= 11 is 0. The third-order valence-corrected chi connectivity index (χ3v) is 3.55. The van der Waals surface area contributed by atoms with Crippen molar-refractivity contribution in [2.75, 3.05) is 39.4 Å². The second kappa shape index (κ2) is 2.69. The van der Waals surface area contributed by atoms with Gasteiger partial charge in [0.2, 0.25) is 0 Å². The topological polar surface area (TPSA) is 24.5 Å². The fraction of sp³-hybridized carbons (Fsp3) is 1.00. The summed E-state index contributed by atoms with van der Waals surface area (Å²) in [5, 5.41) is 3.46. The highest BCUT2D eigenvalue weighted by atomic mass is 16.5. The molecule has 0 aromatic rings. The lowest BCUT2D eigenvalue weighted by atomic mass is 10.0. The van der Waals surface area contributed by atoms with Gasteiger partial charge in [0.05, 0.1) is 19.3 Å². The van der Waals surface area contributed by atoms with Crippen molar-refractivity contribution in [1.82, 2.24) is 10.2 Å². The summed E-state index contributed by atoms with van der Waals surface area (Å²) in [4.78, 5) is 2.62. The maximum absolute atomic E-state index is 5.21. The molecule has 12 heavy (non-hydrogen) atoms. The Morgan fingerprint density at radius 2 is 1.75 bits per heavy atom. The molecular formula is C9H16N2O. The summed E-state index contributed by atoms with van der Waals surface area (Å²) < 4.78 is 5.21. The highest BCUT2D eigenvalue weighted by Gasteiger charge is 2.40. The second-order valence-electron chi connectivity index (χ2n) is 4.32. The van der Waals surface area contributed by atoms with Crippen molar-refractivity contribution in [3.05, 3.63) is 0 Å². The van der Waals surface area contributed by atoms with Gasteiger partial charge < -0.3 is 10.1 Å². The van der Waals surface area contributed by atoms with Crippen LogP contribution in [-0.2, 0) is 4.74 Å². The molecule has 0 amide bonds. The van der Waals surface area contributed by atoms with Crippen LogP contribution in [0.15, 0.2) is 0 Å². The number of nitrogens with zero attached hydrogens (tertiary/aromatic N) is 1. The Balaban J connectivity index is 1.63. The molecule has 0 spiro atoms. The minimum atomic E-state index is 0.760. The van der Waals surface area contributed by atoms with Crippen molar-refractivity contribution >= 4 is 0 Å². The summed E-state index contributed by atoms with van der Waals surface area (Å²) in [6.45, 7) is 7.07. The lowest BCUT2D eigenvalue weighted by Crippen LogP contribution is -2.48. The Morgan fingerprint density at radius 1 is 1.08 bits per heavy atom. The molecule has 3 aliphatic rings. The van der Waals surface area contributed by atoms with Crippen molar-refractivity contribution in [2.24, 2.45) is 11.8 Å².